The van der Waals surface area contributed by atoms with Crippen molar-refractivity contribution in [2.45, 2.75) is 38.5 Å². The number of nitrogens with zero attached hydrogens (tertiary/aromatic N) is 3. The Bertz CT molecular complexity index is 1060. The van der Waals surface area contributed by atoms with Crippen LogP contribution in [-0.4, -0.2) is 35.5 Å². The summed E-state index contributed by atoms with van der Waals surface area (Å²) in [6, 6.07) is 18.1. The van der Waals surface area contributed by atoms with Crippen LogP contribution in [0.2, 0.25) is 0 Å². The standard InChI is InChI=1S/C24H29N5O2.HI/c1-24(2)15-21(20-7-5-6-8-22(20)31-24)27-23(25-3)26-16-17-13-14-29(28-17)18-9-11-19(30-4)12-10-18;/h5-14,21H,15-16H2,1-4H3,(H2,25,26,27);1H. The van der Waals surface area contributed by atoms with Crippen LogP contribution < -0.4 is 20.1 Å². The van der Waals surface area contributed by atoms with E-state index in [-0.39, 0.29) is 35.6 Å². The lowest BCUT2D eigenvalue weighted by molar-refractivity contribution is 0.0694. The van der Waals surface area contributed by atoms with Gasteiger partial charge in [-0.2, -0.15) is 5.10 Å². The quantitative estimate of drug-likeness (QED) is 0.280. The van der Waals surface area contributed by atoms with Crippen LogP contribution in [-0.2, 0) is 6.54 Å². The molecular weight excluding hydrogens is 517 g/mol. The molecule has 170 valence electrons. The summed E-state index contributed by atoms with van der Waals surface area (Å²) in [5.74, 6) is 2.48. The lowest BCUT2D eigenvalue weighted by Gasteiger charge is -2.38. The second-order valence-corrected chi connectivity index (χ2v) is 8.18. The zero-order valence-corrected chi connectivity index (χ0v) is 21.2. The predicted molar refractivity (Wildman–Crippen MR) is 137 cm³/mol. The van der Waals surface area contributed by atoms with Gasteiger partial charge in [-0.05, 0) is 50.2 Å². The smallest absolute Gasteiger partial charge is 0.191 e. The first-order valence-electron chi connectivity index (χ1n) is 10.4. The number of aliphatic imine (C=N–C) groups is 1. The fourth-order valence-corrected chi connectivity index (χ4v) is 3.80. The van der Waals surface area contributed by atoms with Crippen LogP contribution in [0, 0.1) is 0 Å². The third-order valence-electron chi connectivity index (χ3n) is 5.33. The molecule has 2 N–H and O–H groups in total. The number of hydrogen-bond donors (Lipinski definition) is 2. The van der Waals surface area contributed by atoms with Crippen LogP contribution in [0.25, 0.3) is 5.69 Å². The number of aromatic nitrogens is 2. The van der Waals surface area contributed by atoms with E-state index in [1.54, 1.807) is 14.2 Å². The maximum Gasteiger partial charge on any atom is 0.191 e. The molecule has 32 heavy (non-hydrogen) atoms. The van der Waals surface area contributed by atoms with Gasteiger partial charge in [0.2, 0.25) is 0 Å². The predicted octanol–water partition coefficient (Wildman–Crippen LogP) is 4.47. The minimum Gasteiger partial charge on any atom is -0.497 e. The number of halogens is 1. The molecule has 1 aromatic heterocycles. The minimum atomic E-state index is -0.248. The van der Waals surface area contributed by atoms with Crippen LogP contribution in [0.15, 0.2) is 65.8 Å². The summed E-state index contributed by atoms with van der Waals surface area (Å²) in [5, 5.41) is 11.6. The van der Waals surface area contributed by atoms with Crippen molar-refractivity contribution in [3.05, 3.63) is 72.1 Å². The van der Waals surface area contributed by atoms with Crippen molar-refractivity contribution in [2.75, 3.05) is 14.2 Å². The molecule has 0 fully saturated rings. The van der Waals surface area contributed by atoms with E-state index in [1.165, 1.54) is 0 Å². The highest BCUT2D eigenvalue weighted by Crippen LogP contribution is 2.39. The van der Waals surface area contributed by atoms with Gasteiger partial charge in [0, 0.05) is 25.2 Å². The molecule has 1 unspecified atom stereocenters. The maximum absolute atomic E-state index is 6.13. The summed E-state index contributed by atoms with van der Waals surface area (Å²) in [6.45, 7) is 4.79. The molecule has 0 radical (unpaired) electrons. The lowest BCUT2D eigenvalue weighted by atomic mass is 9.90. The molecular formula is C24H30IN5O2. The summed E-state index contributed by atoms with van der Waals surface area (Å²) in [4.78, 5) is 4.41. The molecule has 1 aliphatic rings. The van der Waals surface area contributed by atoms with Crippen molar-refractivity contribution in [1.82, 2.24) is 20.4 Å². The highest BCUT2D eigenvalue weighted by molar-refractivity contribution is 14.0. The number of hydrogen-bond acceptors (Lipinski definition) is 4. The molecule has 8 heteroatoms. The van der Waals surface area contributed by atoms with E-state index in [4.69, 9.17) is 9.47 Å². The van der Waals surface area contributed by atoms with Crippen molar-refractivity contribution < 1.29 is 9.47 Å². The van der Waals surface area contributed by atoms with E-state index >= 15 is 0 Å². The van der Waals surface area contributed by atoms with Gasteiger partial charge in [-0.15, -0.1) is 24.0 Å². The molecule has 0 saturated carbocycles. The second-order valence-electron chi connectivity index (χ2n) is 8.18. The average molecular weight is 547 g/mol. The van der Waals surface area contributed by atoms with Crippen LogP contribution in [0.3, 0.4) is 0 Å². The molecule has 4 rings (SSSR count). The number of guanidine groups is 1. The van der Waals surface area contributed by atoms with E-state index in [1.807, 2.05) is 59.4 Å². The Morgan fingerprint density at radius 2 is 1.94 bits per heavy atom. The Morgan fingerprint density at radius 1 is 1.19 bits per heavy atom. The normalized spacial score (nSPS) is 16.9. The van der Waals surface area contributed by atoms with E-state index < -0.39 is 0 Å². The van der Waals surface area contributed by atoms with Gasteiger partial charge in [-0.3, -0.25) is 4.99 Å². The molecule has 2 aromatic carbocycles. The van der Waals surface area contributed by atoms with Gasteiger partial charge in [-0.1, -0.05) is 18.2 Å². The largest absolute Gasteiger partial charge is 0.497 e. The van der Waals surface area contributed by atoms with Crippen molar-refractivity contribution in [1.29, 1.82) is 0 Å². The topological polar surface area (TPSA) is 72.7 Å². The first-order chi connectivity index (χ1) is 15.0. The summed E-state index contributed by atoms with van der Waals surface area (Å²) in [5.41, 5.74) is 2.80. The van der Waals surface area contributed by atoms with Crippen molar-refractivity contribution in [2.24, 2.45) is 4.99 Å². The average Bonchev–Trinajstić information content (AvgIpc) is 3.25. The van der Waals surface area contributed by atoms with Crippen LogP contribution >= 0.6 is 24.0 Å². The van der Waals surface area contributed by atoms with Gasteiger partial charge < -0.3 is 20.1 Å². The van der Waals surface area contributed by atoms with Crippen molar-refractivity contribution in [3.63, 3.8) is 0 Å². The van der Waals surface area contributed by atoms with Crippen molar-refractivity contribution >= 4 is 29.9 Å². The molecule has 0 saturated heterocycles. The molecule has 3 aromatic rings. The van der Waals surface area contributed by atoms with Gasteiger partial charge in [0.05, 0.1) is 31.1 Å². The monoisotopic (exact) mass is 547 g/mol. The van der Waals surface area contributed by atoms with Crippen LogP contribution in [0.1, 0.15) is 37.6 Å². The molecule has 7 nitrogen and oxygen atoms in total. The van der Waals surface area contributed by atoms with Gasteiger partial charge >= 0.3 is 0 Å². The third kappa shape index (κ3) is 5.53. The first kappa shape index (κ1) is 23.9. The molecule has 1 atom stereocenters. The number of benzene rings is 2. The second kappa shape index (κ2) is 10.2. The molecule has 0 aliphatic carbocycles. The summed E-state index contributed by atoms with van der Waals surface area (Å²) in [6.07, 6.45) is 2.79. The Balaban J connectivity index is 0.00000289. The fraction of sp³-hybridized carbons (Fsp3) is 0.333. The van der Waals surface area contributed by atoms with Gasteiger partial charge in [0.15, 0.2) is 5.96 Å². The van der Waals surface area contributed by atoms with Gasteiger partial charge in [0.1, 0.15) is 17.1 Å². The van der Waals surface area contributed by atoms with E-state index in [0.717, 1.165) is 40.8 Å². The molecule has 0 amide bonds. The summed E-state index contributed by atoms with van der Waals surface area (Å²) < 4.78 is 13.2. The van der Waals surface area contributed by atoms with Gasteiger partial charge in [0.25, 0.3) is 0 Å². The zero-order valence-electron chi connectivity index (χ0n) is 18.8. The van der Waals surface area contributed by atoms with E-state index in [0.29, 0.717) is 6.54 Å². The molecule has 2 heterocycles. The van der Waals surface area contributed by atoms with Crippen LogP contribution in [0.4, 0.5) is 0 Å². The summed E-state index contributed by atoms with van der Waals surface area (Å²) >= 11 is 0. The number of nitrogens with one attached hydrogen (secondary N) is 2. The number of methoxy groups -OCH3 is 1. The molecule has 0 spiro atoms. The van der Waals surface area contributed by atoms with Crippen molar-refractivity contribution in [3.8, 4) is 17.2 Å². The number of para-hydroxylation sites is 1. The third-order valence-corrected chi connectivity index (χ3v) is 5.33. The Morgan fingerprint density at radius 3 is 2.66 bits per heavy atom. The number of rotatable bonds is 5. The first-order valence-corrected chi connectivity index (χ1v) is 10.4. The number of fused-ring (bicyclic) bond motifs is 1. The van der Waals surface area contributed by atoms with E-state index in [9.17, 15) is 0 Å². The Hall–Kier alpha value is -2.75. The summed E-state index contributed by atoms with van der Waals surface area (Å²) in [7, 11) is 3.44. The maximum atomic E-state index is 6.13. The number of ether oxygens (including phenoxy) is 2. The highest BCUT2D eigenvalue weighted by Gasteiger charge is 2.33. The Kier molecular flexibility index (Phi) is 7.65. The highest BCUT2D eigenvalue weighted by atomic mass is 127. The SMILES string of the molecule is CN=C(NCc1ccn(-c2ccc(OC)cc2)n1)NC1CC(C)(C)Oc2ccccc21.I. The fourth-order valence-electron chi connectivity index (χ4n) is 3.80. The minimum absolute atomic E-state index is 0. The lowest BCUT2D eigenvalue weighted by Crippen LogP contribution is -2.45. The molecule has 1 aliphatic heterocycles. The molecule has 0 bridgehead atoms. The van der Waals surface area contributed by atoms with E-state index in [2.05, 4.69) is 40.6 Å². The van der Waals surface area contributed by atoms with Gasteiger partial charge in [-0.25, -0.2) is 4.68 Å². The van der Waals surface area contributed by atoms with Crippen LogP contribution in [0.5, 0.6) is 11.5 Å². The zero-order chi connectivity index (χ0) is 21.8. The Labute approximate surface area is 206 Å².